The highest BCUT2D eigenvalue weighted by atomic mass is 79.9. The van der Waals surface area contributed by atoms with Gasteiger partial charge in [-0.15, -0.1) is 0 Å². The van der Waals surface area contributed by atoms with E-state index in [2.05, 4.69) is 31.0 Å². The molecule has 3 N–H and O–H groups in total. The number of nitrogens with two attached hydrogens (primary N) is 1. The van der Waals surface area contributed by atoms with Crippen LogP contribution in [-0.4, -0.2) is 24.4 Å². The standard InChI is InChI=1S/C12H11BrN4O2/c1-15-11-10(16-17-12(11)14)6-4-7(18-2)9(13)8(5-6)19-3/h4-5H,2-3H3,(H3,14,16,17). The summed E-state index contributed by atoms with van der Waals surface area (Å²) in [5, 5.41) is 6.59. The van der Waals surface area contributed by atoms with E-state index in [1.165, 1.54) is 0 Å². The van der Waals surface area contributed by atoms with E-state index in [1.54, 1.807) is 26.4 Å². The van der Waals surface area contributed by atoms with E-state index in [0.29, 0.717) is 27.2 Å². The first-order valence-corrected chi connectivity index (χ1v) is 6.04. The molecule has 0 aliphatic carbocycles. The minimum atomic E-state index is 0.172. The van der Waals surface area contributed by atoms with Crippen molar-refractivity contribution >= 4 is 27.4 Å². The lowest BCUT2D eigenvalue weighted by Crippen LogP contribution is -1.91. The molecule has 0 amide bonds. The van der Waals surface area contributed by atoms with Crippen LogP contribution < -0.4 is 15.2 Å². The van der Waals surface area contributed by atoms with E-state index in [9.17, 15) is 0 Å². The first-order chi connectivity index (χ1) is 9.12. The Labute approximate surface area is 118 Å². The van der Waals surface area contributed by atoms with Crippen LogP contribution in [0.3, 0.4) is 0 Å². The highest BCUT2D eigenvalue weighted by Crippen LogP contribution is 2.41. The summed E-state index contributed by atoms with van der Waals surface area (Å²) in [6.45, 7) is 7.14. The minimum Gasteiger partial charge on any atom is -0.495 e. The summed E-state index contributed by atoms with van der Waals surface area (Å²) >= 11 is 3.39. The van der Waals surface area contributed by atoms with Crippen LogP contribution >= 0.6 is 15.9 Å². The highest BCUT2D eigenvalue weighted by molar-refractivity contribution is 9.10. The van der Waals surface area contributed by atoms with Crippen molar-refractivity contribution in [1.82, 2.24) is 10.2 Å². The molecule has 0 atom stereocenters. The van der Waals surface area contributed by atoms with Gasteiger partial charge in [0.25, 0.3) is 5.69 Å². The van der Waals surface area contributed by atoms with Crippen molar-refractivity contribution < 1.29 is 9.47 Å². The van der Waals surface area contributed by atoms with E-state index >= 15 is 0 Å². The lowest BCUT2D eigenvalue weighted by atomic mass is 10.1. The van der Waals surface area contributed by atoms with E-state index in [4.69, 9.17) is 21.8 Å². The number of rotatable bonds is 3. The normalized spacial score (nSPS) is 10.0. The molecule has 7 heteroatoms. The molecular formula is C12H11BrN4O2. The third kappa shape index (κ3) is 2.22. The Balaban J connectivity index is 2.66. The van der Waals surface area contributed by atoms with Crippen molar-refractivity contribution in [2.75, 3.05) is 20.0 Å². The molecule has 2 rings (SSSR count). The number of benzene rings is 1. The Hall–Kier alpha value is -2.20. The first kappa shape index (κ1) is 13.2. The second-order valence-corrected chi connectivity index (χ2v) is 4.43. The molecule has 0 fully saturated rings. The molecular weight excluding hydrogens is 312 g/mol. The third-order valence-electron chi connectivity index (χ3n) is 2.61. The number of halogens is 1. The van der Waals surface area contributed by atoms with Crippen molar-refractivity contribution in [3.05, 3.63) is 28.0 Å². The molecule has 98 valence electrons. The number of nitrogens with one attached hydrogen (secondary N) is 1. The van der Waals surface area contributed by atoms with Gasteiger partial charge in [-0.25, -0.2) is 4.85 Å². The van der Waals surface area contributed by atoms with Crippen LogP contribution in [0.15, 0.2) is 16.6 Å². The second kappa shape index (κ2) is 5.20. The maximum absolute atomic E-state index is 7.14. The van der Waals surface area contributed by atoms with Crippen molar-refractivity contribution in [3.8, 4) is 22.8 Å². The van der Waals surface area contributed by atoms with Gasteiger partial charge in [0, 0.05) is 0 Å². The Morgan fingerprint density at radius 2 is 1.89 bits per heavy atom. The van der Waals surface area contributed by atoms with Crippen LogP contribution in [0.2, 0.25) is 0 Å². The molecule has 0 unspecified atom stereocenters. The number of nitrogens with zero attached hydrogens (tertiary/aromatic N) is 2. The van der Waals surface area contributed by atoms with Crippen molar-refractivity contribution in [2.24, 2.45) is 0 Å². The minimum absolute atomic E-state index is 0.172. The van der Waals surface area contributed by atoms with Crippen molar-refractivity contribution in [1.29, 1.82) is 0 Å². The van der Waals surface area contributed by atoms with Gasteiger partial charge in [-0.05, 0) is 33.6 Å². The van der Waals surface area contributed by atoms with Crippen LogP contribution in [0.5, 0.6) is 11.5 Å². The molecule has 1 aromatic heterocycles. The van der Waals surface area contributed by atoms with Gasteiger partial charge < -0.3 is 15.2 Å². The predicted octanol–water partition coefficient (Wildman–Crippen LogP) is 2.99. The zero-order valence-corrected chi connectivity index (χ0v) is 11.9. The summed E-state index contributed by atoms with van der Waals surface area (Å²) in [4.78, 5) is 3.38. The molecule has 0 saturated carbocycles. The number of nitrogen functional groups attached to an aromatic ring is 1. The van der Waals surface area contributed by atoms with Gasteiger partial charge in [-0.1, -0.05) is 0 Å². The van der Waals surface area contributed by atoms with Crippen LogP contribution in [0.4, 0.5) is 11.5 Å². The maximum atomic E-state index is 7.14. The summed E-state index contributed by atoms with van der Waals surface area (Å²) in [5.74, 6) is 1.36. The van der Waals surface area contributed by atoms with E-state index < -0.39 is 0 Å². The molecule has 0 aliphatic rings. The molecule has 0 bridgehead atoms. The van der Waals surface area contributed by atoms with Gasteiger partial charge in [0.1, 0.15) is 16.0 Å². The summed E-state index contributed by atoms with van der Waals surface area (Å²) in [5.41, 5.74) is 7.17. The van der Waals surface area contributed by atoms with Gasteiger partial charge in [0.2, 0.25) is 0 Å². The SMILES string of the molecule is [C-]#[N+]c1c(N)n[nH]c1-c1cc(OC)c(Br)c(OC)c1. The van der Waals surface area contributed by atoms with E-state index in [-0.39, 0.29) is 11.5 Å². The molecule has 2 aromatic rings. The summed E-state index contributed by atoms with van der Waals surface area (Å²) < 4.78 is 11.2. The molecule has 19 heavy (non-hydrogen) atoms. The van der Waals surface area contributed by atoms with Crippen LogP contribution in [-0.2, 0) is 0 Å². The smallest absolute Gasteiger partial charge is 0.254 e. The molecule has 1 heterocycles. The summed E-state index contributed by atoms with van der Waals surface area (Å²) in [7, 11) is 3.11. The fraction of sp³-hybridized carbons (Fsp3) is 0.167. The number of anilines is 1. The fourth-order valence-corrected chi connectivity index (χ4v) is 2.23. The summed E-state index contributed by atoms with van der Waals surface area (Å²) in [6.07, 6.45) is 0. The van der Waals surface area contributed by atoms with Gasteiger partial charge in [-0.3, -0.25) is 5.10 Å². The highest BCUT2D eigenvalue weighted by Gasteiger charge is 2.17. The number of aromatic amines is 1. The summed E-state index contributed by atoms with van der Waals surface area (Å²) in [6, 6.07) is 3.54. The number of ether oxygens (including phenoxy) is 2. The van der Waals surface area contributed by atoms with Gasteiger partial charge >= 0.3 is 0 Å². The van der Waals surface area contributed by atoms with Crippen LogP contribution in [0, 0.1) is 6.57 Å². The third-order valence-corrected chi connectivity index (χ3v) is 3.40. The molecule has 0 aliphatic heterocycles. The van der Waals surface area contributed by atoms with Crippen LogP contribution in [0.25, 0.3) is 16.1 Å². The molecule has 6 nitrogen and oxygen atoms in total. The fourth-order valence-electron chi connectivity index (χ4n) is 1.68. The van der Waals surface area contributed by atoms with Gasteiger partial charge in [-0.2, -0.15) is 5.10 Å². The topological polar surface area (TPSA) is 77.5 Å². The van der Waals surface area contributed by atoms with Crippen molar-refractivity contribution in [3.63, 3.8) is 0 Å². The van der Waals surface area contributed by atoms with E-state index in [1.807, 2.05) is 0 Å². The second-order valence-electron chi connectivity index (χ2n) is 3.64. The monoisotopic (exact) mass is 322 g/mol. The quantitative estimate of drug-likeness (QED) is 0.851. The molecule has 1 aromatic carbocycles. The van der Waals surface area contributed by atoms with Gasteiger partial charge in [0.05, 0.1) is 26.5 Å². The zero-order chi connectivity index (χ0) is 14.0. The first-order valence-electron chi connectivity index (χ1n) is 5.25. The van der Waals surface area contributed by atoms with Crippen LogP contribution in [0.1, 0.15) is 0 Å². The lowest BCUT2D eigenvalue weighted by molar-refractivity contribution is 0.390. The number of methoxy groups -OCH3 is 2. The number of H-pyrrole nitrogens is 1. The largest absolute Gasteiger partial charge is 0.495 e. The number of aromatic nitrogens is 2. The Morgan fingerprint density at radius 1 is 1.32 bits per heavy atom. The molecule has 0 saturated heterocycles. The maximum Gasteiger partial charge on any atom is 0.254 e. The van der Waals surface area contributed by atoms with Crippen molar-refractivity contribution in [2.45, 2.75) is 0 Å². The Bertz CT molecular complexity index is 635. The van der Waals surface area contributed by atoms with E-state index in [0.717, 1.165) is 0 Å². The molecule has 0 radical (unpaired) electrons. The Morgan fingerprint density at radius 3 is 2.37 bits per heavy atom. The number of hydrogen-bond donors (Lipinski definition) is 2. The number of hydrogen-bond acceptors (Lipinski definition) is 4. The Kier molecular flexibility index (Phi) is 3.62. The van der Waals surface area contributed by atoms with Gasteiger partial charge in [0.15, 0.2) is 5.82 Å². The average molecular weight is 323 g/mol. The lowest BCUT2D eigenvalue weighted by Gasteiger charge is -2.11. The zero-order valence-electron chi connectivity index (χ0n) is 10.3. The predicted molar refractivity (Wildman–Crippen MR) is 75.5 cm³/mol. The molecule has 0 spiro atoms. The average Bonchev–Trinajstić information content (AvgIpc) is 2.80.